The van der Waals surface area contributed by atoms with Crippen molar-refractivity contribution in [2.75, 3.05) is 23.3 Å². The van der Waals surface area contributed by atoms with E-state index in [2.05, 4.69) is 10.0 Å². The molecule has 2 N–H and O–H groups in total. The van der Waals surface area contributed by atoms with Crippen molar-refractivity contribution in [3.8, 4) is 5.75 Å². The molecule has 0 aliphatic rings. The predicted molar refractivity (Wildman–Crippen MR) is 129 cm³/mol. The van der Waals surface area contributed by atoms with Gasteiger partial charge in [-0.15, -0.1) is 0 Å². The minimum atomic E-state index is -3.75. The highest BCUT2D eigenvalue weighted by atomic mass is 32.2. The molecule has 0 atom stereocenters. The van der Waals surface area contributed by atoms with Crippen molar-refractivity contribution in [1.82, 2.24) is 0 Å². The lowest BCUT2D eigenvalue weighted by atomic mass is 10.1. The molecule has 34 heavy (non-hydrogen) atoms. The van der Waals surface area contributed by atoms with Gasteiger partial charge in [-0.1, -0.05) is 30.3 Å². The predicted octanol–water partition coefficient (Wildman–Crippen LogP) is 3.92. The van der Waals surface area contributed by atoms with Gasteiger partial charge >= 0.3 is 5.97 Å². The van der Waals surface area contributed by atoms with Gasteiger partial charge in [-0.25, -0.2) is 8.42 Å². The van der Waals surface area contributed by atoms with Crippen molar-refractivity contribution in [3.05, 3.63) is 83.9 Å². The Hall–Kier alpha value is -3.85. The van der Waals surface area contributed by atoms with Crippen LogP contribution in [0.1, 0.15) is 18.1 Å². The Bertz CT molecular complexity index is 1240. The van der Waals surface area contributed by atoms with Gasteiger partial charge in [0.1, 0.15) is 5.75 Å². The summed E-state index contributed by atoms with van der Waals surface area (Å²) >= 11 is 0. The Morgan fingerprint density at radius 2 is 1.62 bits per heavy atom. The number of hydrogen-bond donors (Lipinski definition) is 2. The fraction of sp³-hybridized carbons (Fsp3) is 0.200. The first-order valence-electron chi connectivity index (χ1n) is 10.6. The van der Waals surface area contributed by atoms with Gasteiger partial charge in [0.15, 0.2) is 6.61 Å². The van der Waals surface area contributed by atoms with Crippen LogP contribution in [0, 0.1) is 6.92 Å². The molecule has 3 rings (SSSR count). The van der Waals surface area contributed by atoms with Gasteiger partial charge in [-0.2, -0.15) is 0 Å². The molecule has 0 aromatic heterocycles. The van der Waals surface area contributed by atoms with Crippen LogP contribution in [0.25, 0.3) is 0 Å². The van der Waals surface area contributed by atoms with Crippen LogP contribution in [0.3, 0.4) is 0 Å². The summed E-state index contributed by atoms with van der Waals surface area (Å²) in [6.45, 7) is 3.53. The summed E-state index contributed by atoms with van der Waals surface area (Å²) in [5, 5.41) is 2.71. The number of amides is 1. The molecule has 0 saturated carbocycles. The van der Waals surface area contributed by atoms with Crippen LogP contribution in [0.15, 0.2) is 77.7 Å². The number of rotatable bonds is 10. The number of aryl methyl sites for hydroxylation is 1. The van der Waals surface area contributed by atoms with E-state index in [1.165, 1.54) is 18.2 Å². The van der Waals surface area contributed by atoms with E-state index < -0.39 is 10.0 Å². The highest BCUT2D eigenvalue weighted by Crippen LogP contribution is 2.23. The van der Waals surface area contributed by atoms with Crippen molar-refractivity contribution in [1.29, 1.82) is 0 Å². The number of nitrogens with one attached hydrogen (secondary N) is 2. The van der Waals surface area contributed by atoms with Crippen LogP contribution >= 0.6 is 0 Å². The lowest BCUT2D eigenvalue weighted by molar-refractivity contribution is -0.142. The Kier molecular flexibility index (Phi) is 8.26. The number of sulfonamides is 1. The molecule has 9 heteroatoms. The van der Waals surface area contributed by atoms with Gasteiger partial charge in [-0.05, 0) is 67.4 Å². The van der Waals surface area contributed by atoms with E-state index >= 15 is 0 Å². The maximum absolute atomic E-state index is 12.6. The number of benzene rings is 3. The summed E-state index contributed by atoms with van der Waals surface area (Å²) in [5.74, 6) is -0.281. The summed E-state index contributed by atoms with van der Waals surface area (Å²) in [5.41, 5.74) is 2.38. The van der Waals surface area contributed by atoms with Gasteiger partial charge < -0.3 is 14.8 Å². The average molecular weight is 483 g/mol. The topological polar surface area (TPSA) is 111 Å². The zero-order valence-electron chi connectivity index (χ0n) is 18.9. The number of esters is 1. The van der Waals surface area contributed by atoms with Crippen LogP contribution in [-0.2, 0) is 30.8 Å². The maximum atomic E-state index is 12.6. The quantitative estimate of drug-likeness (QED) is 0.424. The molecule has 8 nitrogen and oxygen atoms in total. The standard InChI is InChI=1S/C25H26N2O6S/c1-3-32-25(29)16-19-9-11-20(12-10-19)26-24(28)17-33-23-14-13-22(15-18(23)2)34(30,31)27-21-7-5-4-6-8-21/h4-15,27H,3,16-17H2,1-2H3,(H,26,28). The average Bonchev–Trinajstić information content (AvgIpc) is 2.80. The highest BCUT2D eigenvalue weighted by Gasteiger charge is 2.16. The minimum Gasteiger partial charge on any atom is -0.483 e. The fourth-order valence-corrected chi connectivity index (χ4v) is 4.24. The van der Waals surface area contributed by atoms with Gasteiger partial charge in [0.2, 0.25) is 0 Å². The summed E-state index contributed by atoms with van der Waals surface area (Å²) < 4.78 is 38.2. The molecule has 3 aromatic rings. The molecule has 178 valence electrons. The van der Waals surface area contributed by atoms with Gasteiger partial charge in [0.05, 0.1) is 17.9 Å². The van der Waals surface area contributed by atoms with Crippen molar-refractivity contribution in [2.24, 2.45) is 0 Å². The Balaban J connectivity index is 1.55. The third-order valence-electron chi connectivity index (χ3n) is 4.73. The molecule has 0 aliphatic carbocycles. The number of hydrogen-bond acceptors (Lipinski definition) is 6. The third-order valence-corrected chi connectivity index (χ3v) is 6.11. The summed E-state index contributed by atoms with van der Waals surface area (Å²) in [6, 6.07) is 19.9. The first-order valence-corrected chi connectivity index (χ1v) is 12.1. The van der Waals surface area contributed by atoms with E-state index in [-0.39, 0.29) is 29.8 Å². The number of ether oxygens (including phenoxy) is 2. The molecule has 0 saturated heterocycles. The molecule has 0 fully saturated rings. The SMILES string of the molecule is CCOC(=O)Cc1ccc(NC(=O)COc2ccc(S(=O)(=O)Nc3ccccc3)cc2C)cc1. The first kappa shape index (κ1) is 24.8. The molecule has 0 aliphatic heterocycles. The number of anilines is 2. The van der Waals surface area contributed by atoms with Crippen molar-refractivity contribution < 1.29 is 27.5 Å². The maximum Gasteiger partial charge on any atom is 0.310 e. The lowest BCUT2D eigenvalue weighted by Crippen LogP contribution is -2.20. The summed E-state index contributed by atoms with van der Waals surface area (Å²) in [6.07, 6.45) is 0.164. The van der Waals surface area contributed by atoms with Gasteiger partial charge in [0.25, 0.3) is 15.9 Å². The van der Waals surface area contributed by atoms with Crippen molar-refractivity contribution >= 4 is 33.3 Å². The van der Waals surface area contributed by atoms with E-state index in [0.717, 1.165) is 5.56 Å². The molecule has 1 amide bonds. The third kappa shape index (κ3) is 7.08. The molecule has 0 unspecified atom stereocenters. The van der Waals surface area contributed by atoms with Gasteiger partial charge in [0, 0.05) is 11.4 Å². The normalized spacial score (nSPS) is 10.9. The molecule has 0 bridgehead atoms. The first-order chi connectivity index (χ1) is 16.3. The highest BCUT2D eigenvalue weighted by molar-refractivity contribution is 7.92. The second-order valence-electron chi connectivity index (χ2n) is 7.41. The number of carbonyl (C=O) groups excluding carboxylic acids is 2. The van der Waals surface area contributed by atoms with Crippen molar-refractivity contribution in [3.63, 3.8) is 0 Å². The van der Waals surface area contributed by atoms with E-state index in [1.54, 1.807) is 68.4 Å². The Morgan fingerprint density at radius 1 is 0.912 bits per heavy atom. The zero-order valence-corrected chi connectivity index (χ0v) is 19.7. The second-order valence-corrected chi connectivity index (χ2v) is 9.10. The molecule has 0 spiro atoms. The van der Waals surface area contributed by atoms with Crippen LogP contribution in [0.4, 0.5) is 11.4 Å². The van der Waals surface area contributed by atoms with Crippen LogP contribution in [0.2, 0.25) is 0 Å². The van der Waals surface area contributed by atoms with E-state index in [0.29, 0.717) is 29.3 Å². The lowest BCUT2D eigenvalue weighted by Gasteiger charge is -2.12. The molecule has 0 radical (unpaired) electrons. The largest absolute Gasteiger partial charge is 0.483 e. The number of carbonyl (C=O) groups is 2. The van der Waals surface area contributed by atoms with Crippen LogP contribution in [-0.4, -0.2) is 33.5 Å². The van der Waals surface area contributed by atoms with Crippen LogP contribution < -0.4 is 14.8 Å². The van der Waals surface area contributed by atoms with E-state index in [9.17, 15) is 18.0 Å². The second kappa shape index (κ2) is 11.3. The van der Waals surface area contributed by atoms with Crippen LogP contribution in [0.5, 0.6) is 5.75 Å². The Morgan fingerprint density at radius 3 is 2.26 bits per heavy atom. The zero-order chi connectivity index (χ0) is 24.6. The fourth-order valence-electron chi connectivity index (χ4n) is 3.10. The molecule has 3 aromatic carbocycles. The molecular formula is C25H26N2O6S. The monoisotopic (exact) mass is 482 g/mol. The Labute approximate surface area is 199 Å². The smallest absolute Gasteiger partial charge is 0.310 e. The molecular weight excluding hydrogens is 456 g/mol. The minimum absolute atomic E-state index is 0.0913. The van der Waals surface area contributed by atoms with E-state index in [4.69, 9.17) is 9.47 Å². The summed E-state index contributed by atoms with van der Waals surface area (Å²) in [7, 11) is -3.75. The molecule has 0 heterocycles. The van der Waals surface area contributed by atoms with Crippen molar-refractivity contribution in [2.45, 2.75) is 25.2 Å². The number of para-hydroxylation sites is 1. The van der Waals surface area contributed by atoms with Gasteiger partial charge in [-0.3, -0.25) is 14.3 Å². The summed E-state index contributed by atoms with van der Waals surface area (Å²) in [4.78, 5) is 23.9. The van der Waals surface area contributed by atoms with E-state index in [1.807, 2.05) is 0 Å².